The highest BCUT2D eigenvalue weighted by Crippen LogP contribution is 2.40. The van der Waals surface area contributed by atoms with Crippen molar-refractivity contribution in [1.82, 2.24) is 10.2 Å². The monoisotopic (exact) mass is 306 g/mol. The van der Waals surface area contributed by atoms with E-state index in [-0.39, 0.29) is 18.7 Å². The van der Waals surface area contributed by atoms with Gasteiger partial charge in [0.15, 0.2) is 0 Å². The van der Waals surface area contributed by atoms with E-state index < -0.39 is 18.0 Å². The molecule has 6 heteroatoms. The summed E-state index contributed by atoms with van der Waals surface area (Å²) in [7, 11) is 1.74. The minimum absolute atomic E-state index is 0.0289. The van der Waals surface area contributed by atoms with Crippen LogP contribution in [0.25, 0.3) is 0 Å². The fourth-order valence-electron chi connectivity index (χ4n) is 3.56. The summed E-state index contributed by atoms with van der Waals surface area (Å²) >= 11 is 0. The molecule has 0 radical (unpaired) electrons. The molecule has 1 heterocycles. The van der Waals surface area contributed by atoms with E-state index >= 15 is 0 Å². The highest BCUT2D eigenvalue weighted by atomic mass is 19.4. The number of hydrogen-bond acceptors (Lipinski definition) is 2. The maximum Gasteiger partial charge on any atom is 0.391 e. The highest BCUT2D eigenvalue weighted by molar-refractivity contribution is 5.78. The molecule has 2 unspecified atom stereocenters. The van der Waals surface area contributed by atoms with Crippen molar-refractivity contribution < 1.29 is 18.0 Å². The van der Waals surface area contributed by atoms with Crippen LogP contribution in [0.5, 0.6) is 0 Å². The van der Waals surface area contributed by atoms with Gasteiger partial charge in [0.2, 0.25) is 5.91 Å². The van der Waals surface area contributed by atoms with Crippen LogP contribution in [0.2, 0.25) is 0 Å². The van der Waals surface area contributed by atoms with Gasteiger partial charge >= 0.3 is 6.18 Å². The van der Waals surface area contributed by atoms with E-state index in [1.807, 2.05) is 0 Å². The molecule has 0 aromatic rings. The molecule has 1 saturated carbocycles. The van der Waals surface area contributed by atoms with Crippen LogP contribution in [0.3, 0.4) is 0 Å². The molecule has 2 rings (SSSR count). The smallest absolute Gasteiger partial charge is 0.345 e. The standard InChI is InChI=1S/C15H25F3N2O/c1-20(10-11-5-7-19-8-6-11)14(21)12-3-2-4-13(9-12)15(16,17)18/h11-13,19H,2-10H2,1H3. The zero-order valence-electron chi connectivity index (χ0n) is 12.6. The zero-order valence-corrected chi connectivity index (χ0v) is 12.6. The van der Waals surface area contributed by atoms with Gasteiger partial charge in [0.1, 0.15) is 0 Å². The Morgan fingerprint density at radius 2 is 1.86 bits per heavy atom. The zero-order chi connectivity index (χ0) is 15.5. The van der Waals surface area contributed by atoms with Gasteiger partial charge in [-0.25, -0.2) is 0 Å². The first-order valence-corrected chi connectivity index (χ1v) is 7.90. The van der Waals surface area contributed by atoms with Crippen LogP contribution in [0.15, 0.2) is 0 Å². The quantitative estimate of drug-likeness (QED) is 0.869. The Hall–Kier alpha value is -0.780. The van der Waals surface area contributed by atoms with Crippen LogP contribution >= 0.6 is 0 Å². The van der Waals surface area contributed by atoms with Crippen molar-refractivity contribution in [2.45, 2.75) is 44.7 Å². The number of halogens is 3. The lowest BCUT2D eigenvalue weighted by Gasteiger charge is -2.34. The second-order valence-corrected chi connectivity index (χ2v) is 6.51. The van der Waals surface area contributed by atoms with Gasteiger partial charge in [-0.1, -0.05) is 6.42 Å². The number of rotatable bonds is 3. The Balaban J connectivity index is 1.86. The first kappa shape index (κ1) is 16.6. The van der Waals surface area contributed by atoms with Crippen molar-refractivity contribution in [3.63, 3.8) is 0 Å². The van der Waals surface area contributed by atoms with Gasteiger partial charge < -0.3 is 10.2 Å². The number of hydrogen-bond donors (Lipinski definition) is 1. The summed E-state index contributed by atoms with van der Waals surface area (Å²) in [6.45, 7) is 2.60. The summed E-state index contributed by atoms with van der Waals surface area (Å²) in [5.74, 6) is -1.37. The third-order valence-corrected chi connectivity index (χ3v) is 4.85. The van der Waals surface area contributed by atoms with E-state index in [9.17, 15) is 18.0 Å². The maximum absolute atomic E-state index is 12.8. The molecule has 2 aliphatic rings. The Morgan fingerprint density at radius 1 is 1.19 bits per heavy atom. The van der Waals surface area contributed by atoms with E-state index in [0.717, 1.165) is 25.9 Å². The minimum atomic E-state index is -4.16. The van der Waals surface area contributed by atoms with Gasteiger partial charge in [-0.15, -0.1) is 0 Å². The predicted octanol–water partition coefficient (Wildman–Crippen LogP) is 2.81. The lowest BCUT2D eigenvalue weighted by atomic mass is 9.80. The fraction of sp³-hybridized carbons (Fsp3) is 0.933. The Labute approximate surface area is 124 Å². The molecule has 1 aliphatic carbocycles. The maximum atomic E-state index is 12.8. The number of amides is 1. The lowest BCUT2D eigenvalue weighted by Crippen LogP contribution is -2.42. The summed E-state index contributed by atoms with van der Waals surface area (Å²) in [5.41, 5.74) is 0. The van der Waals surface area contributed by atoms with Gasteiger partial charge in [0.05, 0.1) is 5.92 Å². The average molecular weight is 306 g/mol. The SMILES string of the molecule is CN(CC1CCNCC1)C(=O)C1CCCC(C(F)(F)F)C1. The van der Waals surface area contributed by atoms with E-state index in [1.54, 1.807) is 11.9 Å². The number of carbonyl (C=O) groups excluding carboxylic acids is 1. The summed E-state index contributed by atoms with van der Waals surface area (Å²) in [6, 6.07) is 0. The van der Waals surface area contributed by atoms with Crippen molar-refractivity contribution in [2.24, 2.45) is 17.8 Å². The second kappa shape index (κ2) is 6.99. The van der Waals surface area contributed by atoms with Gasteiger partial charge in [-0.05, 0) is 51.1 Å². The summed E-state index contributed by atoms with van der Waals surface area (Å²) in [5, 5.41) is 3.27. The molecule has 0 aromatic heterocycles. The Morgan fingerprint density at radius 3 is 2.48 bits per heavy atom. The second-order valence-electron chi connectivity index (χ2n) is 6.51. The molecule has 1 N–H and O–H groups in total. The van der Waals surface area contributed by atoms with Crippen molar-refractivity contribution >= 4 is 5.91 Å². The normalized spacial score (nSPS) is 28.4. The summed E-state index contributed by atoms with van der Waals surface area (Å²) in [4.78, 5) is 14.1. The third-order valence-electron chi connectivity index (χ3n) is 4.85. The van der Waals surface area contributed by atoms with E-state index in [0.29, 0.717) is 25.3 Å². The first-order chi connectivity index (χ1) is 9.88. The van der Waals surface area contributed by atoms with Crippen LogP contribution < -0.4 is 5.32 Å². The van der Waals surface area contributed by atoms with Gasteiger partial charge in [0, 0.05) is 19.5 Å². The number of piperidine rings is 1. The van der Waals surface area contributed by atoms with E-state index in [1.165, 1.54) is 0 Å². The molecule has 122 valence electrons. The van der Waals surface area contributed by atoms with Crippen molar-refractivity contribution in [3.05, 3.63) is 0 Å². The number of nitrogens with one attached hydrogen (secondary N) is 1. The fourth-order valence-corrected chi connectivity index (χ4v) is 3.56. The lowest BCUT2D eigenvalue weighted by molar-refractivity contribution is -0.187. The predicted molar refractivity (Wildman–Crippen MR) is 74.7 cm³/mol. The third kappa shape index (κ3) is 4.59. The van der Waals surface area contributed by atoms with Gasteiger partial charge in [0.25, 0.3) is 0 Å². The van der Waals surface area contributed by atoms with Gasteiger partial charge in [-0.3, -0.25) is 4.79 Å². The van der Waals surface area contributed by atoms with Gasteiger partial charge in [-0.2, -0.15) is 13.2 Å². The largest absolute Gasteiger partial charge is 0.391 e. The summed E-state index contributed by atoms with van der Waals surface area (Å²) in [6.07, 6.45) is -0.846. The van der Waals surface area contributed by atoms with Crippen molar-refractivity contribution in [3.8, 4) is 0 Å². The molecule has 0 bridgehead atoms. The highest BCUT2D eigenvalue weighted by Gasteiger charge is 2.44. The van der Waals surface area contributed by atoms with Crippen molar-refractivity contribution in [1.29, 1.82) is 0 Å². The first-order valence-electron chi connectivity index (χ1n) is 7.90. The van der Waals surface area contributed by atoms with Crippen LogP contribution in [0.1, 0.15) is 38.5 Å². The molecule has 2 atom stereocenters. The molecule has 2 fully saturated rings. The van der Waals surface area contributed by atoms with Crippen LogP contribution in [0.4, 0.5) is 13.2 Å². The Bertz CT molecular complexity index is 353. The topological polar surface area (TPSA) is 32.3 Å². The van der Waals surface area contributed by atoms with Crippen LogP contribution in [-0.4, -0.2) is 43.7 Å². The van der Waals surface area contributed by atoms with Crippen molar-refractivity contribution in [2.75, 3.05) is 26.7 Å². The summed E-state index contributed by atoms with van der Waals surface area (Å²) < 4.78 is 38.5. The number of nitrogens with zero attached hydrogens (tertiary/aromatic N) is 1. The Kier molecular flexibility index (Phi) is 5.52. The molecule has 1 amide bonds. The molecular weight excluding hydrogens is 281 g/mol. The molecular formula is C15H25F3N2O. The number of carbonyl (C=O) groups is 1. The van der Waals surface area contributed by atoms with Crippen LogP contribution in [0, 0.1) is 17.8 Å². The van der Waals surface area contributed by atoms with E-state index in [2.05, 4.69) is 5.32 Å². The molecule has 1 saturated heterocycles. The average Bonchev–Trinajstić information content (AvgIpc) is 2.46. The number of alkyl halides is 3. The molecule has 21 heavy (non-hydrogen) atoms. The molecule has 0 spiro atoms. The molecule has 0 aromatic carbocycles. The minimum Gasteiger partial charge on any atom is -0.345 e. The van der Waals surface area contributed by atoms with Crippen LogP contribution in [-0.2, 0) is 4.79 Å². The van der Waals surface area contributed by atoms with E-state index in [4.69, 9.17) is 0 Å². The molecule has 1 aliphatic heterocycles. The molecule has 3 nitrogen and oxygen atoms in total.